The zero-order valence-corrected chi connectivity index (χ0v) is 25.3. The van der Waals surface area contributed by atoms with E-state index in [1.165, 1.54) is 31.2 Å². The van der Waals surface area contributed by atoms with Gasteiger partial charge in [-0.2, -0.15) is 15.4 Å². The summed E-state index contributed by atoms with van der Waals surface area (Å²) in [4.78, 5) is 16.6. The minimum Gasteiger partial charge on any atom is -0.464 e. The number of nitrogens with one attached hydrogen (secondary N) is 1. The lowest BCUT2D eigenvalue weighted by Gasteiger charge is -2.27. The molecule has 13 nitrogen and oxygen atoms in total. The van der Waals surface area contributed by atoms with Crippen LogP contribution in [0.4, 0.5) is 14.6 Å². The lowest BCUT2D eigenvalue weighted by molar-refractivity contribution is -0.146. The number of esters is 1. The van der Waals surface area contributed by atoms with Gasteiger partial charge >= 0.3 is 13.7 Å². The highest BCUT2D eigenvalue weighted by Crippen LogP contribution is 2.50. The van der Waals surface area contributed by atoms with Crippen LogP contribution in [0.15, 0.2) is 48.8 Å². The maximum atomic E-state index is 14.5. The van der Waals surface area contributed by atoms with Crippen LogP contribution < -0.4 is 15.3 Å². The molecule has 4 N–H and O–H groups in total. The Morgan fingerprint density at radius 3 is 2.61 bits per heavy atom. The Kier molecular flexibility index (Phi) is 10.5. The van der Waals surface area contributed by atoms with Crippen LogP contribution in [-0.4, -0.2) is 63.6 Å². The molecular formula is C28H35F2N6O7P. The average Bonchev–Trinajstić information content (AvgIpc) is 3.57. The summed E-state index contributed by atoms with van der Waals surface area (Å²) < 4.78 is 66.4. The third kappa shape index (κ3) is 6.85. The third-order valence-corrected chi connectivity index (χ3v) is 9.20. The summed E-state index contributed by atoms with van der Waals surface area (Å²) in [6, 6.07) is 11.3. The number of aromatic nitrogens is 3. The lowest BCUT2D eigenvalue weighted by Crippen LogP contribution is -2.40. The van der Waals surface area contributed by atoms with Gasteiger partial charge in [0.1, 0.15) is 35.8 Å². The molecule has 238 valence electrons. The van der Waals surface area contributed by atoms with Crippen LogP contribution in [-0.2, 0) is 29.0 Å². The van der Waals surface area contributed by atoms with Crippen molar-refractivity contribution in [1.82, 2.24) is 19.7 Å². The van der Waals surface area contributed by atoms with Crippen LogP contribution in [0.5, 0.6) is 5.75 Å². The Bertz CT molecular complexity index is 1520. The van der Waals surface area contributed by atoms with Gasteiger partial charge in [0.2, 0.25) is 12.0 Å². The lowest BCUT2D eigenvalue weighted by atomic mass is 9.83. The molecule has 1 aromatic carbocycles. The summed E-state index contributed by atoms with van der Waals surface area (Å²) in [5, 5.41) is 27.8. The number of nitrogens with zero attached hydrogens (tertiary/aromatic N) is 4. The van der Waals surface area contributed by atoms with Crippen molar-refractivity contribution in [3.63, 3.8) is 0 Å². The van der Waals surface area contributed by atoms with E-state index in [0.717, 1.165) is 23.7 Å². The predicted octanol–water partition coefficient (Wildman–Crippen LogP) is 3.83. The van der Waals surface area contributed by atoms with Gasteiger partial charge in [0, 0.05) is 0 Å². The highest BCUT2D eigenvalue weighted by molar-refractivity contribution is 7.52. The molecule has 0 aliphatic carbocycles. The van der Waals surface area contributed by atoms with Gasteiger partial charge in [0.25, 0.3) is 0 Å². The van der Waals surface area contributed by atoms with Gasteiger partial charge in [-0.05, 0) is 37.1 Å². The summed E-state index contributed by atoms with van der Waals surface area (Å²) >= 11 is 0. The fourth-order valence-corrected chi connectivity index (χ4v) is 6.46. The Morgan fingerprint density at radius 1 is 1.27 bits per heavy atom. The molecule has 44 heavy (non-hydrogen) atoms. The maximum Gasteiger partial charge on any atom is 0.459 e. The molecule has 0 saturated carbocycles. The Balaban J connectivity index is 1.59. The predicted molar refractivity (Wildman–Crippen MR) is 153 cm³/mol. The van der Waals surface area contributed by atoms with Crippen LogP contribution >= 0.6 is 7.75 Å². The molecule has 4 rings (SSSR count). The molecule has 1 aliphatic rings. The molecule has 6 atom stereocenters. The standard InChI is InChI=1S/C28H35F2N6O7P/c1-4-18(5-2)13-40-27(38)17(3)35-44(39,43-19-9-7-6-8-10-19)41-14-21-24(37)23(25(29)30)28(15-31,42-21)22-12-11-20-26(32)33-16-34-36(20)22/h6-12,16-18,21,23-25,37H,4-5,13-14H2,1-3H3,(H,35,39)(H2,32,33,34)/t17-,21+,23+,24?,28-,44-/m0/s1. The smallest absolute Gasteiger partial charge is 0.459 e. The third-order valence-electron chi connectivity index (χ3n) is 7.55. The van der Waals surface area contributed by atoms with Crippen molar-refractivity contribution in [2.24, 2.45) is 11.8 Å². The number of nitrogen functional groups attached to an aromatic ring is 1. The van der Waals surface area contributed by atoms with Gasteiger partial charge in [0.15, 0.2) is 5.82 Å². The van der Waals surface area contributed by atoms with E-state index in [1.807, 2.05) is 13.8 Å². The SMILES string of the molecule is CCC(CC)COC(=O)[C@H](C)N[P@](=O)(OC[C@H]1O[C@@](C#N)(c2ccc3c(N)ncnn23)[C@@H](C(F)F)C1O)Oc1ccccc1. The minimum atomic E-state index is -4.45. The molecule has 0 radical (unpaired) electrons. The van der Waals surface area contributed by atoms with Crippen molar-refractivity contribution in [3.8, 4) is 11.8 Å². The minimum absolute atomic E-state index is 0.0315. The van der Waals surface area contributed by atoms with Crippen LogP contribution in [0.2, 0.25) is 0 Å². The second-order valence-corrected chi connectivity index (χ2v) is 12.1. The number of carbonyl (C=O) groups is 1. The largest absolute Gasteiger partial charge is 0.464 e. The highest BCUT2D eigenvalue weighted by Gasteiger charge is 2.61. The fraction of sp³-hybridized carbons (Fsp3) is 0.500. The van der Waals surface area contributed by atoms with Gasteiger partial charge in [-0.15, -0.1) is 0 Å². The highest BCUT2D eigenvalue weighted by atomic mass is 31.2. The summed E-state index contributed by atoms with van der Waals surface area (Å²) in [5.74, 6) is -2.47. The van der Waals surface area contributed by atoms with E-state index in [9.17, 15) is 28.5 Å². The topological polar surface area (TPSA) is 183 Å². The quantitative estimate of drug-likeness (QED) is 0.172. The molecule has 1 aliphatic heterocycles. The van der Waals surface area contributed by atoms with E-state index in [1.54, 1.807) is 24.3 Å². The van der Waals surface area contributed by atoms with Gasteiger partial charge < -0.3 is 24.8 Å². The first-order valence-corrected chi connectivity index (χ1v) is 15.6. The van der Waals surface area contributed by atoms with Crippen molar-refractivity contribution in [2.75, 3.05) is 18.9 Å². The number of rotatable bonds is 14. The number of aliphatic hydroxyl groups excluding tert-OH is 1. The van der Waals surface area contributed by atoms with E-state index in [-0.39, 0.29) is 35.3 Å². The molecule has 0 spiro atoms. The number of ether oxygens (including phenoxy) is 2. The fourth-order valence-electron chi connectivity index (χ4n) is 4.96. The van der Waals surface area contributed by atoms with Crippen molar-refractivity contribution < 1.29 is 41.8 Å². The van der Waals surface area contributed by atoms with Crippen LogP contribution in [0.1, 0.15) is 39.3 Å². The molecular weight excluding hydrogens is 601 g/mol. The number of para-hydroxylation sites is 1. The first-order valence-electron chi connectivity index (χ1n) is 14.1. The Labute approximate surface area is 252 Å². The summed E-state index contributed by atoms with van der Waals surface area (Å²) in [5.41, 5.74) is 3.58. The van der Waals surface area contributed by atoms with Crippen molar-refractivity contribution in [1.29, 1.82) is 5.26 Å². The first kappa shape index (κ1) is 33.2. The van der Waals surface area contributed by atoms with Gasteiger partial charge in [-0.25, -0.2) is 22.8 Å². The maximum absolute atomic E-state index is 14.5. The number of fused-ring (bicyclic) bond motifs is 1. The van der Waals surface area contributed by atoms with Crippen molar-refractivity contribution >= 4 is 25.1 Å². The van der Waals surface area contributed by atoms with Crippen LogP contribution in [0.25, 0.3) is 5.52 Å². The monoisotopic (exact) mass is 636 g/mol. The molecule has 2 aromatic heterocycles. The molecule has 1 saturated heterocycles. The number of halogens is 2. The van der Waals surface area contributed by atoms with Gasteiger partial charge in [-0.1, -0.05) is 44.9 Å². The van der Waals surface area contributed by atoms with E-state index >= 15 is 0 Å². The zero-order valence-electron chi connectivity index (χ0n) is 24.4. The average molecular weight is 637 g/mol. The second-order valence-electron chi connectivity index (χ2n) is 10.4. The molecule has 3 heterocycles. The van der Waals surface area contributed by atoms with Crippen molar-refractivity contribution in [3.05, 3.63) is 54.5 Å². The van der Waals surface area contributed by atoms with E-state index < -0.39 is 56.5 Å². The van der Waals surface area contributed by atoms with Gasteiger partial charge in [-0.3, -0.25) is 9.32 Å². The number of nitriles is 1. The van der Waals surface area contributed by atoms with E-state index in [4.69, 9.17) is 24.3 Å². The molecule has 3 aromatic rings. The number of alkyl halides is 2. The second kappa shape index (κ2) is 14.0. The summed E-state index contributed by atoms with van der Waals surface area (Å²) in [6.07, 6.45) is -4.07. The van der Waals surface area contributed by atoms with Crippen LogP contribution in [0.3, 0.4) is 0 Å². The van der Waals surface area contributed by atoms with Gasteiger partial charge in [0.05, 0.1) is 30.9 Å². The number of carbonyl (C=O) groups excluding carboxylic acids is 1. The number of anilines is 1. The summed E-state index contributed by atoms with van der Waals surface area (Å²) in [7, 11) is -4.45. The Hall–Kier alpha value is -3.67. The molecule has 16 heteroatoms. The van der Waals surface area contributed by atoms with E-state index in [2.05, 4.69) is 15.2 Å². The first-order chi connectivity index (χ1) is 21.0. The number of nitrogens with two attached hydrogens (primary N) is 1. The number of hydrogen-bond acceptors (Lipinski definition) is 11. The molecule has 0 amide bonds. The number of hydrogen-bond donors (Lipinski definition) is 3. The molecule has 0 bridgehead atoms. The normalized spacial score (nSPS) is 23.8. The molecule has 1 unspecified atom stereocenters. The van der Waals surface area contributed by atoms with Crippen LogP contribution in [0, 0.1) is 23.2 Å². The summed E-state index contributed by atoms with van der Waals surface area (Å²) in [6.45, 7) is 4.75. The number of aliphatic hydroxyl groups is 1. The zero-order chi connectivity index (χ0) is 32.1. The number of benzene rings is 1. The molecule has 1 fully saturated rings. The Morgan fingerprint density at radius 2 is 1.98 bits per heavy atom. The van der Waals surface area contributed by atoms with Crippen molar-refractivity contribution in [2.45, 2.75) is 63.9 Å². The van der Waals surface area contributed by atoms with E-state index in [0.29, 0.717) is 0 Å².